The van der Waals surface area contributed by atoms with E-state index in [0.29, 0.717) is 23.2 Å². The first-order valence-corrected chi connectivity index (χ1v) is 7.35. The molecule has 1 aromatic rings. The Kier molecular flexibility index (Phi) is 6.78. The molecule has 0 spiro atoms. The third-order valence-electron chi connectivity index (χ3n) is 2.90. The van der Waals surface area contributed by atoms with Gasteiger partial charge in [0.1, 0.15) is 0 Å². The Morgan fingerprint density at radius 1 is 1.41 bits per heavy atom. The van der Waals surface area contributed by atoms with Crippen molar-refractivity contribution in [3.05, 3.63) is 21.3 Å². The number of hydrogen-bond acceptors (Lipinski definition) is 3. The van der Waals surface area contributed by atoms with Gasteiger partial charge >= 0.3 is 0 Å². The summed E-state index contributed by atoms with van der Waals surface area (Å²) in [6.07, 6.45) is 4.90. The van der Waals surface area contributed by atoms with E-state index in [1.807, 2.05) is 6.07 Å². The number of rotatable bonds is 8. The Balaban J connectivity index is 2.40. The molecular formula is C13H20ClNOS. The second-order valence-electron chi connectivity index (χ2n) is 4.30. The third-order valence-corrected chi connectivity index (χ3v) is 4.17. The lowest BCUT2D eigenvalue weighted by atomic mass is 9.93. The first kappa shape index (κ1) is 14.7. The summed E-state index contributed by atoms with van der Waals surface area (Å²) in [5, 5.41) is 0. The first-order valence-electron chi connectivity index (χ1n) is 6.16. The largest absolute Gasteiger partial charge is 0.330 e. The Labute approximate surface area is 112 Å². The number of Topliss-reactive ketones (excluding diaryl/α,β-unsaturated/α-hetero) is 1. The van der Waals surface area contributed by atoms with Gasteiger partial charge in [0, 0.05) is 6.42 Å². The standard InChI is InChI=1S/C13H20ClNOS/c1-2-3-10(8-9-15)4-5-11(16)12-6-7-13(14)17-12/h6-7,10H,2-5,8-9,15H2,1H3. The normalized spacial score (nSPS) is 12.6. The quantitative estimate of drug-likeness (QED) is 0.724. The van der Waals surface area contributed by atoms with Crippen LogP contribution in [0.5, 0.6) is 0 Å². The van der Waals surface area contributed by atoms with E-state index in [1.165, 1.54) is 11.3 Å². The zero-order chi connectivity index (χ0) is 12.7. The van der Waals surface area contributed by atoms with Gasteiger partial charge in [-0.3, -0.25) is 4.79 Å². The second kappa shape index (κ2) is 7.85. The van der Waals surface area contributed by atoms with E-state index in [4.69, 9.17) is 17.3 Å². The molecule has 0 saturated heterocycles. The molecule has 1 atom stereocenters. The molecule has 0 aromatic carbocycles. The van der Waals surface area contributed by atoms with E-state index >= 15 is 0 Å². The molecule has 4 heteroatoms. The van der Waals surface area contributed by atoms with Crippen LogP contribution >= 0.6 is 22.9 Å². The van der Waals surface area contributed by atoms with Gasteiger partial charge < -0.3 is 5.73 Å². The van der Waals surface area contributed by atoms with Crippen molar-refractivity contribution >= 4 is 28.7 Å². The molecule has 1 aromatic heterocycles. The SMILES string of the molecule is CCCC(CCN)CCC(=O)c1ccc(Cl)s1. The fraction of sp³-hybridized carbons (Fsp3) is 0.615. The topological polar surface area (TPSA) is 43.1 Å². The molecule has 2 nitrogen and oxygen atoms in total. The van der Waals surface area contributed by atoms with E-state index in [9.17, 15) is 4.79 Å². The minimum absolute atomic E-state index is 0.208. The predicted molar refractivity (Wildman–Crippen MR) is 75.0 cm³/mol. The highest BCUT2D eigenvalue weighted by molar-refractivity contribution is 7.18. The molecule has 1 heterocycles. The molecule has 0 bridgehead atoms. The molecule has 96 valence electrons. The molecule has 0 radical (unpaired) electrons. The summed E-state index contributed by atoms with van der Waals surface area (Å²) in [6.45, 7) is 2.88. The monoisotopic (exact) mass is 273 g/mol. The lowest BCUT2D eigenvalue weighted by molar-refractivity contribution is 0.0976. The molecule has 0 amide bonds. The van der Waals surface area contributed by atoms with Crippen molar-refractivity contribution in [1.29, 1.82) is 0 Å². The summed E-state index contributed by atoms with van der Waals surface area (Å²) in [6, 6.07) is 3.59. The van der Waals surface area contributed by atoms with Crippen LogP contribution in [0.3, 0.4) is 0 Å². The van der Waals surface area contributed by atoms with Gasteiger partial charge in [0.25, 0.3) is 0 Å². The second-order valence-corrected chi connectivity index (χ2v) is 6.01. The van der Waals surface area contributed by atoms with Crippen LogP contribution in [0.25, 0.3) is 0 Å². The number of halogens is 1. The Bertz CT molecular complexity index is 345. The van der Waals surface area contributed by atoms with Crippen LogP contribution in [0, 0.1) is 5.92 Å². The number of hydrogen-bond donors (Lipinski definition) is 1. The Morgan fingerprint density at radius 2 is 2.18 bits per heavy atom. The molecule has 1 rings (SSSR count). The third kappa shape index (κ3) is 5.19. The van der Waals surface area contributed by atoms with Gasteiger partial charge in [-0.25, -0.2) is 0 Å². The van der Waals surface area contributed by atoms with Gasteiger partial charge in [-0.05, 0) is 37.4 Å². The molecule has 0 aliphatic rings. The van der Waals surface area contributed by atoms with Crippen molar-refractivity contribution in [2.75, 3.05) is 6.54 Å². The molecule has 0 fully saturated rings. The fourth-order valence-electron chi connectivity index (χ4n) is 2.00. The van der Waals surface area contributed by atoms with E-state index < -0.39 is 0 Å². The van der Waals surface area contributed by atoms with Crippen molar-refractivity contribution in [3.8, 4) is 0 Å². The fourth-order valence-corrected chi connectivity index (χ4v) is 3.01. The number of thiophene rings is 1. The van der Waals surface area contributed by atoms with Crippen molar-refractivity contribution in [2.45, 2.75) is 39.0 Å². The van der Waals surface area contributed by atoms with Gasteiger partial charge in [-0.15, -0.1) is 11.3 Å². The lowest BCUT2D eigenvalue weighted by Crippen LogP contribution is -2.10. The van der Waals surface area contributed by atoms with Crippen molar-refractivity contribution in [3.63, 3.8) is 0 Å². The maximum Gasteiger partial charge on any atom is 0.172 e. The highest BCUT2D eigenvalue weighted by atomic mass is 35.5. The van der Waals surface area contributed by atoms with Crippen LogP contribution in [0.2, 0.25) is 4.34 Å². The Hall–Kier alpha value is -0.380. The molecule has 2 N–H and O–H groups in total. The van der Waals surface area contributed by atoms with Crippen molar-refractivity contribution in [1.82, 2.24) is 0 Å². The van der Waals surface area contributed by atoms with Crippen LogP contribution in [0.1, 0.15) is 48.7 Å². The van der Waals surface area contributed by atoms with Crippen LogP contribution in [-0.4, -0.2) is 12.3 Å². The summed E-state index contributed by atoms with van der Waals surface area (Å²) in [7, 11) is 0. The summed E-state index contributed by atoms with van der Waals surface area (Å²) >= 11 is 7.18. The summed E-state index contributed by atoms with van der Waals surface area (Å²) in [5.74, 6) is 0.796. The minimum atomic E-state index is 0.208. The smallest absolute Gasteiger partial charge is 0.172 e. The average molecular weight is 274 g/mol. The average Bonchev–Trinajstić information content (AvgIpc) is 2.73. The zero-order valence-electron chi connectivity index (χ0n) is 10.2. The van der Waals surface area contributed by atoms with Crippen molar-refractivity contribution < 1.29 is 4.79 Å². The molecule has 17 heavy (non-hydrogen) atoms. The van der Waals surface area contributed by atoms with E-state index in [-0.39, 0.29) is 5.78 Å². The van der Waals surface area contributed by atoms with E-state index in [0.717, 1.165) is 30.6 Å². The van der Waals surface area contributed by atoms with Gasteiger partial charge in [0.05, 0.1) is 9.21 Å². The first-order chi connectivity index (χ1) is 8.17. The highest BCUT2D eigenvalue weighted by Gasteiger charge is 2.13. The van der Waals surface area contributed by atoms with Crippen LogP contribution < -0.4 is 5.73 Å². The predicted octanol–water partition coefficient (Wildman–Crippen LogP) is 4.13. The zero-order valence-corrected chi connectivity index (χ0v) is 11.8. The highest BCUT2D eigenvalue weighted by Crippen LogP contribution is 2.24. The summed E-state index contributed by atoms with van der Waals surface area (Å²) in [5.41, 5.74) is 5.58. The number of carbonyl (C=O) groups is 1. The molecule has 0 aliphatic heterocycles. The molecule has 1 unspecified atom stereocenters. The van der Waals surface area contributed by atoms with Crippen LogP contribution in [0.4, 0.5) is 0 Å². The number of nitrogens with two attached hydrogens (primary N) is 1. The molecule has 0 saturated carbocycles. The summed E-state index contributed by atoms with van der Waals surface area (Å²) in [4.78, 5) is 12.7. The number of ketones is 1. The van der Waals surface area contributed by atoms with Gasteiger partial charge in [0.2, 0.25) is 0 Å². The van der Waals surface area contributed by atoms with Crippen molar-refractivity contribution in [2.24, 2.45) is 11.7 Å². The molecular weight excluding hydrogens is 254 g/mol. The van der Waals surface area contributed by atoms with Gasteiger partial charge in [-0.2, -0.15) is 0 Å². The van der Waals surface area contributed by atoms with Gasteiger partial charge in [0.15, 0.2) is 5.78 Å². The Morgan fingerprint density at radius 3 is 2.71 bits per heavy atom. The number of carbonyl (C=O) groups excluding carboxylic acids is 1. The minimum Gasteiger partial charge on any atom is -0.330 e. The molecule has 0 aliphatic carbocycles. The lowest BCUT2D eigenvalue weighted by Gasteiger charge is -2.13. The van der Waals surface area contributed by atoms with Crippen LogP contribution in [0.15, 0.2) is 12.1 Å². The summed E-state index contributed by atoms with van der Waals surface area (Å²) < 4.78 is 0.681. The maximum atomic E-state index is 11.9. The van der Waals surface area contributed by atoms with E-state index in [1.54, 1.807) is 6.07 Å². The van der Waals surface area contributed by atoms with Gasteiger partial charge in [-0.1, -0.05) is 31.4 Å². The van der Waals surface area contributed by atoms with Crippen LogP contribution in [-0.2, 0) is 0 Å². The van der Waals surface area contributed by atoms with E-state index in [2.05, 4.69) is 6.92 Å². The maximum absolute atomic E-state index is 11.9.